The van der Waals surface area contributed by atoms with Gasteiger partial charge in [-0.2, -0.15) is 5.26 Å². The zero-order valence-electron chi connectivity index (χ0n) is 15.2. The molecule has 0 fully saturated rings. The van der Waals surface area contributed by atoms with Gasteiger partial charge >= 0.3 is 0 Å². The van der Waals surface area contributed by atoms with Crippen molar-refractivity contribution in [3.8, 4) is 11.8 Å². The summed E-state index contributed by atoms with van der Waals surface area (Å²) in [5, 5.41) is 14.8. The molecule has 5 nitrogen and oxygen atoms in total. The first-order chi connectivity index (χ1) is 13.1. The van der Waals surface area contributed by atoms with Gasteiger partial charge in [0.2, 0.25) is 0 Å². The highest BCUT2D eigenvalue weighted by atomic mass is 19.1. The average Bonchev–Trinajstić information content (AvgIpc) is 2.68. The number of rotatable bonds is 9. The lowest BCUT2D eigenvalue weighted by Crippen LogP contribution is -2.28. The Morgan fingerprint density at radius 3 is 2.56 bits per heavy atom. The van der Waals surface area contributed by atoms with Crippen LogP contribution in [0.25, 0.3) is 0 Å². The predicted octanol–water partition coefficient (Wildman–Crippen LogP) is 2.73. The summed E-state index contributed by atoms with van der Waals surface area (Å²) in [6.07, 6.45) is 2.63. The quantitative estimate of drug-likeness (QED) is 0.406. The summed E-state index contributed by atoms with van der Waals surface area (Å²) in [4.78, 5) is 12.1. The minimum Gasteiger partial charge on any atom is -0.497 e. The Kier molecular flexibility index (Phi) is 7.86. The van der Waals surface area contributed by atoms with Crippen molar-refractivity contribution in [3.05, 3.63) is 77.2 Å². The topological polar surface area (TPSA) is 74.1 Å². The Morgan fingerprint density at radius 1 is 1.15 bits per heavy atom. The maximum Gasteiger partial charge on any atom is 0.263 e. The summed E-state index contributed by atoms with van der Waals surface area (Å²) in [5.41, 5.74) is 1.91. The van der Waals surface area contributed by atoms with Gasteiger partial charge in [-0.05, 0) is 48.2 Å². The Labute approximate surface area is 158 Å². The van der Waals surface area contributed by atoms with Crippen LogP contribution in [0.4, 0.5) is 4.39 Å². The molecule has 0 saturated heterocycles. The second-order valence-electron chi connectivity index (χ2n) is 5.86. The highest BCUT2D eigenvalue weighted by molar-refractivity contribution is 5.97. The minimum absolute atomic E-state index is 0.00368. The molecule has 0 aliphatic heterocycles. The molecule has 2 aromatic carbocycles. The maximum absolute atomic E-state index is 13.1. The van der Waals surface area contributed by atoms with Crippen LogP contribution in [0.5, 0.6) is 5.75 Å². The molecule has 0 spiro atoms. The second-order valence-corrected chi connectivity index (χ2v) is 5.86. The molecule has 2 aromatic rings. The Hall–Kier alpha value is -3.33. The molecule has 1 amide bonds. The molecule has 2 rings (SSSR count). The van der Waals surface area contributed by atoms with Crippen LogP contribution in [-0.2, 0) is 17.6 Å². The molecule has 0 aromatic heterocycles. The van der Waals surface area contributed by atoms with Gasteiger partial charge in [0.25, 0.3) is 5.91 Å². The monoisotopic (exact) mass is 367 g/mol. The highest BCUT2D eigenvalue weighted by Crippen LogP contribution is 2.11. The second kappa shape index (κ2) is 10.6. The van der Waals surface area contributed by atoms with Crippen molar-refractivity contribution in [2.45, 2.75) is 12.8 Å². The summed E-state index contributed by atoms with van der Waals surface area (Å²) in [6, 6.07) is 15.8. The number of nitrogens with one attached hydrogen (secondary N) is 2. The molecule has 0 aliphatic rings. The molecule has 6 heteroatoms. The lowest BCUT2D eigenvalue weighted by Gasteiger charge is -2.06. The van der Waals surface area contributed by atoms with Gasteiger partial charge in [-0.3, -0.25) is 4.79 Å². The van der Waals surface area contributed by atoms with Crippen molar-refractivity contribution in [2.24, 2.45) is 0 Å². The van der Waals surface area contributed by atoms with E-state index < -0.39 is 5.91 Å². The fraction of sp³-hybridized carbons (Fsp3) is 0.238. The fourth-order valence-corrected chi connectivity index (χ4v) is 2.44. The summed E-state index contributed by atoms with van der Waals surface area (Å²) >= 11 is 0. The summed E-state index contributed by atoms with van der Waals surface area (Å²) in [7, 11) is 1.61. The molecule has 0 bridgehead atoms. The first kappa shape index (κ1) is 20.0. The van der Waals surface area contributed by atoms with E-state index in [2.05, 4.69) is 10.6 Å². The van der Waals surface area contributed by atoms with Crippen LogP contribution < -0.4 is 15.4 Å². The van der Waals surface area contributed by atoms with Crippen molar-refractivity contribution in [3.63, 3.8) is 0 Å². The first-order valence-electron chi connectivity index (χ1n) is 8.61. The number of hydrogen-bond donors (Lipinski definition) is 2. The number of amides is 1. The van der Waals surface area contributed by atoms with Crippen LogP contribution in [0.1, 0.15) is 11.1 Å². The van der Waals surface area contributed by atoms with Gasteiger partial charge in [0.15, 0.2) is 0 Å². The third-order valence-electron chi connectivity index (χ3n) is 3.92. The van der Waals surface area contributed by atoms with E-state index in [0.29, 0.717) is 25.9 Å². The molecule has 0 aliphatic carbocycles. The molecule has 2 N–H and O–H groups in total. The third-order valence-corrected chi connectivity index (χ3v) is 3.92. The van der Waals surface area contributed by atoms with E-state index in [0.717, 1.165) is 16.9 Å². The molecule has 0 heterocycles. The zero-order valence-corrected chi connectivity index (χ0v) is 15.2. The lowest BCUT2D eigenvalue weighted by molar-refractivity contribution is -0.117. The lowest BCUT2D eigenvalue weighted by atomic mass is 10.1. The van der Waals surface area contributed by atoms with Gasteiger partial charge in [-0.1, -0.05) is 24.3 Å². The maximum atomic E-state index is 13.1. The van der Waals surface area contributed by atoms with E-state index in [-0.39, 0.29) is 11.4 Å². The number of benzene rings is 2. The van der Waals surface area contributed by atoms with Gasteiger partial charge in [-0.25, -0.2) is 4.39 Å². The number of carbonyl (C=O) groups is 1. The van der Waals surface area contributed by atoms with E-state index in [1.165, 1.54) is 18.3 Å². The van der Waals surface area contributed by atoms with Crippen LogP contribution in [0.3, 0.4) is 0 Å². The number of carbonyl (C=O) groups excluding carboxylic acids is 1. The molecule has 140 valence electrons. The largest absolute Gasteiger partial charge is 0.497 e. The van der Waals surface area contributed by atoms with Gasteiger partial charge in [0.05, 0.1) is 7.11 Å². The number of nitriles is 1. The van der Waals surface area contributed by atoms with Gasteiger partial charge in [0.1, 0.15) is 23.2 Å². The van der Waals surface area contributed by atoms with Crippen LogP contribution >= 0.6 is 0 Å². The molecule has 0 saturated carbocycles. The molecule has 0 unspecified atom stereocenters. The Morgan fingerprint density at radius 2 is 1.89 bits per heavy atom. The van der Waals surface area contributed by atoms with E-state index in [4.69, 9.17) is 10.00 Å². The van der Waals surface area contributed by atoms with E-state index in [1.54, 1.807) is 13.2 Å². The molecule has 27 heavy (non-hydrogen) atoms. The molecular formula is C21H22FN3O2. The fourth-order valence-electron chi connectivity index (χ4n) is 2.44. The standard InChI is InChI=1S/C21H22FN3O2/c1-27-20-7-5-16(6-8-20)10-12-25-21(26)18(14-23)15-24-11-9-17-3-2-4-19(22)13-17/h2-8,13,15,24H,9-12H2,1H3,(H,25,26)/b18-15-. The van der Waals surface area contributed by atoms with Crippen LogP contribution in [0, 0.1) is 17.1 Å². The third kappa shape index (κ3) is 6.83. The minimum atomic E-state index is -0.427. The molecule has 0 radical (unpaired) electrons. The Balaban J connectivity index is 1.75. The highest BCUT2D eigenvalue weighted by Gasteiger charge is 2.08. The average molecular weight is 367 g/mol. The molecule has 0 atom stereocenters. The predicted molar refractivity (Wildman–Crippen MR) is 102 cm³/mol. The van der Waals surface area contributed by atoms with Crippen LogP contribution in [-0.4, -0.2) is 26.1 Å². The number of ether oxygens (including phenoxy) is 1. The summed E-state index contributed by atoms with van der Waals surface area (Å²) in [6.45, 7) is 0.918. The summed E-state index contributed by atoms with van der Waals surface area (Å²) in [5.74, 6) is 0.0723. The summed E-state index contributed by atoms with van der Waals surface area (Å²) < 4.78 is 18.2. The van der Waals surface area contributed by atoms with Crippen molar-refractivity contribution in [1.29, 1.82) is 5.26 Å². The van der Waals surface area contributed by atoms with Crippen molar-refractivity contribution in [1.82, 2.24) is 10.6 Å². The number of halogens is 1. The zero-order chi connectivity index (χ0) is 19.5. The SMILES string of the molecule is COc1ccc(CCNC(=O)/C(C#N)=C\NCCc2cccc(F)c2)cc1. The van der Waals surface area contributed by atoms with Gasteiger partial charge in [0, 0.05) is 19.3 Å². The smallest absolute Gasteiger partial charge is 0.263 e. The van der Waals surface area contributed by atoms with Crippen molar-refractivity contribution >= 4 is 5.91 Å². The normalized spacial score (nSPS) is 10.8. The Bertz CT molecular complexity index is 826. The van der Waals surface area contributed by atoms with Gasteiger partial charge in [-0.15, -0.1) is 0 Å². The van der Waals surface area contributed by atoms with E-state index >= 15 is 0 Å². The van der Waals surface area contributed by atoms with Crippen LogP contribution in [0.15, 0.2) is 60.3 Å². The number of nitrogens with zero attached hydrogens (tertiary/aromatic N) is 1. The number of hydrogen-bond acceptors (Lipinski definition) is 4. The van der Waals surface area contributed by atoms with E-state index in [9.17, 15) is 9.18 Å². The number of methoxy groups -OCH3 is 1. The van der Waals surface area contributed by atoms with Gasteiger partial charge < -0.3 is 15.4 Å². The van der Waals surface area contributed by atoms with E-state index in [1.807, 2.05) is 36.4 Å². The molecular weight excluding hydrogens is 345 g/mol. The van der Waals surface area contributed by atoms with Crippen molar-refractivity contribution in [2.75, 3.05) is 20.2 Å². The van der Waals surface area contributed by atoms with Crippen molar-refractivity contribution < 1.29 is 13.9 Å². The van der Waals surface area contributed by atoms with Crippen LogP contribution in [0.2, 0.25) is 0 Å². The first-order valence-corrected chi connectivity index (χ1v) is 8.61.